The van der Waals surface area contributed by atoms with Crippen molar-refractivity contribution in [1.82, 2.24) is 10.2 Å². The third-order valence-electron chi connectivity index (χ3n) is 8.56. The molecule has 1 aliphatic carbocycles. The topological polar surface area (TPSA) is 88.8 Å². The van der Waals surface area contributed by atoms with Crippen LogP contribution < -0.4 is 9.88 Å². The van der Waals surface area contributed by atoms with Gasteiger partial charge in [0.1, 0.15) is 26.3 Å². The Morgan fingerprint density at radius 3 is 1.84 bits per heavy atom. The van der Waals surface area contributed by atoms with Gasteiger partial charge in [-0.1, -0.05) is 109 Å². The van der Waals surface area contributed by atoms with Gasteiger partial charge in [0, 0.05) is 31.0 Å². The SMILES string of the molecule is CCCCCCCCCCCCCCCCCCNC(=O)OCC1(COC(=O)N(Cc2cccc[n+]2CC)C(C)=O)CC1. The second-order valence-corrected chi connectivity index (χ2v) is 12.4. The smallest absolute Gasteiger partial charge is 0.417 e. The highest BCUT2D eigenvalue weighted by Crippen LogP contribution is 2.46. The summed E-state index contributed by atoms with van der Waals surface area (Å²) < 4.78 is 12.9. The molecule has 8 nitrogen and oxygen atoms in total. The van der Waals surface area contributed by atoms with Crippen LogP contribution in [0, 0.1) is 5.41 Å². The number of hydrogen-bond acceptors (Lipinski definition) is 5. The minimum atomic E-state index is -0.668. The molecule has 1 aromatic rings. The molecule has 0 saturated heterocycles. The van der Waals surface area contributed by atoms with E-state index in [0.29, 0.717) is 6.54 Å². The molecule has 1 N–H and O–H groups in total. The summed E-state index contributed by atoms with van der Waals surface area (Å²) in [6.45, 7) is 7.48. The van der Waals surface area contributed by atoms with Crippen molar-refractivity contribution in [3.8, 4) is 0 Å². The number of rotatable bonds is 24. The van der Waals surface area contributed by atoms with Crippen molar-refractivity contribution in [3.63, 3.8) is 0 Å². The molecular formula is C35H60N3O5+. The van der Waals surface area contributed by atoms with Crippen LogP contribution in [0.25, 0.3) is 0 Å². The van der Waals surface area contributed by atoms with E-state index in [1.165, 1.54) is 96.8 Å². The van der Waals surface area contributed by atoms with E-state index in [2.05, 4.69) is 12.2 Å². The highest BCUT2D eigenvalue weighted by molar-refractivity contribution is 5.90. The molecule has 0 atom stereocenters. The van der Waals surface area contributed by atoms with Crippen molar-refractivity contribution in [1.29, 1.82) is 0 Å². The van der Waals surface area contributed by atoms with Crippen LogP contribution in [0.5, 0.6) is 0 Å². The molecule has 1 aliphatic rings. The number of amides is 3. The first-order valence-electron chi connectivity index (χ1n) is 17.2. The monoisotopic (exact) mass is 602 g/mol. The molecule has 8 heteroatoms. The molecule has 1 heterocycles. The van der Waals surface area contributed by atoms with Gasteiger partial charge in [-0.15, -0.1) is 0 Å². The maximum Gasteiger partial charge on any atom is 0.417 e. The number of nitrogens with zero attached hydrogens (tertiary/aromatic N) is 2. The number of aryl methyl sites for hydroxylation is 1. The number of imide groups is 1. The van der Waals surface area contributed by atoms with Crippen LogP contribution in [0.2, 0.25) is 0 Å². The summed E-state index contributed by atoms with van der Waals surface area (Å²) in [7, 11) is 0. The van der Waals surface area contributed by atoms with Crippen LogP contribution in [0.15, 0.2) is 24.4 Å². The molecule has 1 fully saturated rings. The van der Waals surface area contributed by atoms with Gasteiger partial charge in [-0.3, -0.25) is 4.79 Å². The van der Waals surface area contributed by atoms with E-state index in [1.807, 2.05) is 35.9 Å². The molecule has 2 rings (SSSR count). The standard InChI is InChI=1S/C35H59N3O5/c1-4-6-7-8-9-10-11-12-13-14-15-16-17-18-19-21-26-36-33(40)42-29-35(24-25-35)30-43-34(41)38(31(3)39)28-32-23-20-22-27-37(32)5-2/h20,22-23,27H,4-19,21,24-26,28-30H2,1-3H3/p+1. The minimum absolute atomic E-state index is 0.130. The predicted octanol–water partition coefficient (Wildman–Crippen LogP) is 8.25. The Balaban J connectivity index is 1.47. The number of aromatic nitrogens is 1. The van der Waals surface area contributed by atoms with E-state index in [-0.39, 0.29) is 31.1 Å². The molecule has 0 aromatic carbocycles. The average molecular weight is 603 g/mol. The maximum absolute atomic E-state index is 12.7. The van der Waals surface area contributed by atoms with Gasteiger partial charge >= 0.3 is 12.2 Å². The zero-order valence-corrected chi connectivity index (χ0v) is 27.5. The Hall–Kier alpha value is -2.64. The summed E-state index contributed by atoms with van der Waals surface area (Å²) >= 11 is 0. The number of carbonyl (C=O) groups excluding carboxylic acids is 3. The minimum Gasteiger partial charge on any atom is -0.449 e. The lowest BCUT2D eigenvalue weighted by molar-refractivity contribution is -0.701. The Morgan fingerprint density at radius 1 is 0.791 bits per heavy atom. The van der Waals surface area contributed by atoms with Crippen LogP contribution in [0.1, 0.15) is 142 Å². The van der Waals surface area contributed by atoms with Gasteiger partial charge in [0.25, 0.3) is 0 Å². The van der Waals surface area contributed by atoms with Crippen molar-refractivity contribution in [3.05, 3.63) is 30.1 Å². The fourth-order valence-electron chi connectivity index (χ4n) is 5.36. The van der Waals surface area contributed by atoms with E-state index in [1.54, 1.807) is 0 Å². The van der Waals surface area contributed by atoms with Crippen LogP contribution in [0.3, 0.4) is 0 Å². The molecule has 244 valence electrons. The summed E-state index contributed by atoms with van der Waals surface area (Å²) in [6.07, 6.45) is 23.6. The molecule has 0 bridgehead atoms. The van der Waals surface area contributed by atoms with Crippen LogP contribution in [-0.2, 0) is 27.4 Å². The number of ether oxygens (including phenoxy) is 2. The van der Waals surface area contributed by atoms with Crippen molar-refractivity contribution in [2.45, 2.75) is 149 Å². The van der Waals surface area contributed by atoms with E-state index in [4.69, 9.17) is 9.47 Å². The Kier molecular flexibility index (Phi) is 18.7. The number of alkyl carbamates (subject to hydrolysis) is 1. The van der Waals surface area contributed by atoms with Gasteiger partial charge < -0.3 is 14.8 Å². The first-order valence-corrected chi connectivity index (χ1v) is 17.2. The normalized spacial score (nSPS) is 13.4. The summed E-state index contributed by atoms with van der Waals surface area (Å²) in [5, 5.41) is 2.84. The van der Waals surface area contributed by atoms with E-state index >= 15 is 0 Å². The molecule has 1 aromatic heterocycles. The second kappa shape index (κ2) is 22.0. The Bertz CT molecular complexity index is 934. The highest BCUT2D eigenvalue weighted by Gasteiger charge is 2.46. The highest BCUT2D eigenvalue weighted by atomic mass is 16.6. The van der Waals surface area contributed by atoms with Crippen molar-refractivity contribution < 1.29 is 28.4 Å². The van der Waals surface area contributed by atoms with Crippen LogP contribution in [-0.4, -0.2) is 42.8 Å². The molecular weight excluding hydrogens is 542 g/mol. The lowest BCUT2D eigenvalue weighted by Crippen LogP contribution is -2.43. The van der Waals surface area contributed by atoms with Gasteiger partial charge in [0.2, 0.25) is 11.6 Å². The third-order valence-corrected chi connectivity index (χ3v) is 8.56. The first kappa shape index (κ1) is 36.6. The molecule has 1 saturated carbocycles. The van der Waals surface area contributed by atoms with Gasteiger partial charge in [-0.2, -0.15) is 0 Å². The molecule has 3 amide bonds. The van der Waals surface area contributed by atoms with Crippen molar-refractivity contribution >= 4 is 18.1 Å². The number of pyridine rings is 1. The molecule has 0 aliphatic heterocycles. The summed E-state index contributed by atoms with van der Waals surface area (Å²) in [5.41, 5.74) is 0.502. The molecule has 0 radical (unpaired) electrons. The number of hydrogen-bond donors (Lipinski definition) is 1. The number of unbranched alkanes of at least 4 members (excludes halogenated alkanes) is 15. The fourth-order valence-corrected chi connectivity index (χ4v) is 5.36. The van der Waals surface area contributed by atoms with Gasteiger partial charge in [0.05, 0.1) is 0 Å². The van der Waals surface area contributed by atoms with Gasteiger partial charge in [-0.05, 0) is 26.2 Å². The lowest BCUT2D eigenvalue weighted by atomic mass is 10.0. The quantitative estimate of drug-likeness (QED) is 0.0951. The van der Waals surface area contributed by atoms with Gasteiger partial charge in [0.15, 0.2) is 6.20 Å². The van der Waals surface area contributed by atoms with Crippen LogP contribution >= 0.6 is 0 Å². The zero-order valence-electron chi connectivity index (χ0n) is 27.5. The van der Waals surface area contributed by atoms with Crippen molar-refractivity contribution in [2.24, 2.45) is 5.41 Å². The van der Waals surface area contributed by atoms with E-state index in [9.17, 15) is 14.4 Å². The summed E-state index contributed by atoms with van der Waals surface area (Å²) in [6, 6.07) is 5.69. The van der Waals surface area contributed by atoms with Crippen LogP contribution in [0.4, 0.5) is 9.59 Å². The first-order chi connectivity index (χ1) is 20.9. The largest absolute Gasteiger partial charge is 0.449 e. The fraction of sp³-hybridized carbons (Fsp3) is 0.771. The molecule has 0 unspecified atom stereocenters. The Labute approximate surface area is 261 Å². The second-order valence-electron chi connectivity index (χ2n) is 12.4. The number of carbonyl (C=O) groups is 3. The third kappa shape index (κ3) is 16.1. The zero-order chi connectivity index (χ0) is 31.2. The van der Waals surface area contributed by atoms with E-state index < -0.39 is 12.2 Å². The Morgan fingerprint density at radius 2 is 1.33 bits per heavy atom. The molecule has 43 heavy (non-hydrogen) atoms. The molecule has 0 spiro atoms. The van der Waals surface area contributed by atoms with Gasteiger partial charge in [-0.25, -0.2) is 19.1 Å². The average Bonchev–Trinajstić information content (AvgIpc) is 3.79. The van der Waals surface area contributed by atoms with Crippen molar-refractivity contribution in [2.75, 3.05) is 19.8 Å². The number of nitrogens with one attached hydrogen (secondary N) is 1. The summed E-state index contributed by atoms with van der Waals surface area (Å²) in [4.78, 5) is 38.2. The summed E-state index contributed by atoms with van der Waals surface area (Å²) in [5.74, 6) is -0.369. The maximum atomic E-state index is 12.7. The predicted molar refractivity (Wildman–Crippen MR) is 170 cm³/mol. The lowest BCUT2D eigenvalue weighted by Gasteiger charge is -2.21. The van der Waals surface area contributed by atoms with E-state index in [0.717, 1.165) is 42.8 Å².